The molecule has 0 amide bonds. The van der Waals surface area contributed by atoms with Crippen LogP contribution in [0.1, 0.15) is 29.1 Å². The number of hydrogen-bond acceptors (Lipinski definition) is 5. The fraction of sp³-hybridized carbons (Fsp3) is 0.294. The van der Waals surface area contributed by atoms with Gasteiger partial charge in [-0.05, 0) is 45.6 Å². The van der Waals surface area contributed by atoms with Gasteiger partial charge in [-0.3, -0.25) is 0 Å². The molecule has 2 rings (SSSR count). The van der Waals surface area contributed by atoms with E-state index in [-0.39, 0.29) is 9.35 Å². The number of ether oxygens (including phenoxy) is 2. The summed E-state index contributed by atoms with van der Waals surface area (Å²) in [6, 6.07) is 7.11. The summed E-state index contributed by atoms with van der Waals surface area (Å²) in [6.07, 6.45) is 0. The summed E-state index contributed by atoms with van der Waals surface area (Å²) < 4.78 is 24.6. The monoisotopic (exact) mass is 411 g/mol. The van der Waals surface area contributed by atoms with Gasteiger partial charge < -0.3 is 9.47 Å². The van der Waals surface area contributed by atoms with Crippen LogP contribution in [0.25, 0.3) is 10.4 Å². The molecule has 0 atom stereocenters. The van der Waals surface area contributed by atoms with Gasteiger partial charge in [0, 0.05) is 0 Å². The van der Waals surface area contributed by atoms with Crippen LogP contribution in [0.5, 0.6) is 5.75 Å². The van der Waals surface area contributed by atoms with E-state index in [9.17, 15) is 14.4 Å². The molecule has 24 heavy (non-hydrogen) atoms. The molecule has 0 spiro atoms. The van der Waals surface area contributed by atoms with Crippen LogP contribution in [-0.4, -0.2) is 19.7 Å². The Bertz CT molecular complexity index is 811. The first-order valence-electron chi connectivity index (χ1n) is 7.12. The van der Waals surface area contributed by atoms with Crippen LogP contribution in [0.2, 0.25) is 0 Å². The number of carbonyl (C=O) groups is 1. The highest BCUT2D eigenvalue weighted by atomic mass is 79.9. The molecular formula is C17H15BrFNO3S. The molecule has 0 aliphatic heterocycles. The van der Waals surface area contributed by atoms with Crippen LogP contribution < -0.4 is 4.74 Å². The van der Waals surface area contributed by atoms with E-state index in [4.69, 9.17) is 4.74 Å². The Morgan fingerprint density at radius 3 is 2.75 bits per heavy atom. The molecule has 0 radical (unpaired) electrons. The number of methoxy groups -OCH3 is 1. The highest BCUT2D eigenvalue weighted by Gasteiger charge is 2.23. The zero-order valence-corrected chi connectivity index (χ0v) is 15.8. The fourth-order valence-electron chi connectivity index (χ4n) is 1.94. The third kappa shape index (κ3) is 3.77. The minimum atomic E-state index is -0.734. The van der Waals surface area contributed by atoms with Gasteiger partial charge in [-0.15, -0.1) is 11.3 Å². The fourth-order valence-corrected chi connectivity index (χ4v) is 3.73. The molecule has 7 heteroatoms. The summed E-state index contributed by atoms with van der Waals surface area (Å²) in [5, 5.41) is 9.32. The zero-order chi connectivity index (χ0) is 17.9. The second-order valence-corrected chi connectivity index (χ2v) is 7.22. The first-order valence-corrected chi connectivity index (χ1v) is 8.73. The van der Waals surface area contributed by atoms with Crippen LogP contribution in [-0.2, 0) is 4.74 Å². The number of esters is 1. The second-order valence-electron chi connectivity index (χ2n) is 5.41. The molecule has 1 aromatic heterocycles. The van der Waals surface area contributed by atoms with Crippen LogP contribution in [0.4, 0.5) is 4.39 Å². The van der Waals surface area contributed by atoms with Gasteiger partial charge in [0.1, 0.15) is 16.7 Å². The van der Waals surface area contributed by atoms with E-state index < -0.39 is 11.8 Å². The molecular weight excluding hydrogens is 397 g/mol. The summed E-state index contributed by atoms with van der Waals surface area (Å²) in [6.45, 7) is 4.53. The molecule has 0 saturated heterocycles. The first kappa shape index (κ1) is 18.4. The minimum Gasteiger partial charge on any atom is -0.492 e. The predicted octanol–water partition coefficient (Wildman–Crippen LogP) is 5.01. The van der Waals surface area contributed by atoms with E-state index in [0.717, 1.165) is 11.3 Å². The molecule has 2 aromatic rings. The molecule has 0 aliphatic carbocycles. The quantitative estimate of drug-likeness (QED) is 0.648. The van der Waals surface area contributed by atoms with Crippen LogP contribution >= 0.6 is 27.3 Å². The van der Waals surface area contributed by atoms with Crippen molar-refractivity contribution in [2.75, 3.05) is 13.7 Å². The van der Waals surface area contributed by atoms with Crippen molar-refractivity contribution in [3.8, 4) is 22.3 Å². The number of hydrogen-bond donors (Lipinski definition) is 0. The van der Waals surface area contributed by atoms with Crippen molar-refractivity contribution in [1.29, 1.82) is 5.26 Å². The van der Waals surface area contributed by atoms with Crippen molar-refractivity contribution >= 4 is 33.2 Å². The maximum absolute atomic E-state index is 14.2. The molecule has 0 fully saturated rings. The minimum absolute atomic E-state index is 0.113. The lowest BCUT2D eigenvalue weighted by Gasteiger charge is -2.11. The maximum atomic E-state index is 14.2. The molecule has 0 aliphatic rings. The average Bonchev–Trinajstić information content (AvgIpc) is 2.87. The molecule has 0 bridgehead atoms. The predicted molar refractivity (Wildman–Crippen MR) is 93.8 cm³/mol. The number of benzene rings is 1. The Morgan fingerprint density at radius 2 is 2.17 bits per heavy atom. The highest BCUT2D eigenvalue weighted by Crippen LogP contribution is 2.41. The lowest BCUT2D eigenvalue weighted by Crippen LogP contribution is -2.05. The van der Waals surface area contributed by atoms with E-state index in [1.807, 2.05) is 13.8 Å². The summed E-state index contributed by atoms with van der Waals surface area (Å²) in [5.74, 6) is -0.585. The summed E-state index contributed by atoms with van der Waals surface area (Å²) in [5.41, 5.74) is 0.975. The van der Waals surface area contributed by atoms with Crippen LogP contribution in [0.3, 0.4) is 0 Å². The van der Waals surface area contributed by atoms with Crippen molar-refractivity contribution in [2.24, 2.45) is 5.92 Å². The van der Waals surface area contributed by atoms with E-state index in [1.54, 1.807) is 18.2 Å². The Hall–Kier alpha value is -1.91. The number of nitriles is 1. The van der Waals surface area contributed by atoms with Crippen molar-refractivity contribution in [1.82, 2.24) is 0 Å². The second kappa shape index (κ2) is 7.77. The highest BCUT2D eigenvalue weighted by molar-refractivity contribution is 9.10. The molecule has 1 heterocycles. The summed E-state index contributed by atoms with van der Waals surface area (Å²) in [7, 11) is 1.20. The molecule has 0 unspecified atom stereocenters. The maximum Gasteiger partial charge on any atom is 0.351 e. The summed E-state index contributed by atoms with van der Waals surface area (Å²) in [4.78, 5) is 12.0. The number of halogens is 2. The zero-order valence-electron chi connectivity index (χ0n) is 13.4. The Morgan fingerprint density at radius 1 is 1.46 bits per heavy atom. The van der Waals surface area contributed by atoms with E-state index in [0.29, 0.717) is 34.3 Å². The largest absolute Gasteiger partial charge is 0.492 e. The number of rotatable bonds is 5. The van der Waals surface area contributed by atoms with Gasteiger partial charge in [0.2, 0.25) is 0 Å². The van der Waals surface area contributed by atoms with E-state index in [2.05, 4.69) is 26.7 Å². The Kier molecular flexibility index (Phi) is 5.97. The molecule has 0 N–H and O–H groups in total. The van der Waals surface area contributed by atoms with Gasteiger partial charge >= 0.3 is 5.97 Å². The first-order chi connectivity index (χ1) is 11.4. The van der Waals surface area contributed by atoms with Gasteiger partial charge in [-0.2, -0.15) is 5.26 Å². The molecule has 1 aromatic carbocycles. The Balaban J connectivity index is 2.43. The molecule has 126 valence electrons. The lowest BCUT2D eigenvalue weighted by molar-refractivity contribution is 0.0601. The van der Waals surface area contributed by atoms with E-state index in [1.165, 1.54) is 7.11 Å². The van der Waals surface area contributed by atoms with Crippen molar-refractivity contribution in [3.05, 3.63) is 38.9 Å². The molecule has 0 saturated carbocycles. The van der Waals surface area contributed by atoms with Gasteiger partial charge in [0.05, 0.1) is 28.6 Å². The third-order valence-corrected chi connectivity index (χ3v) is 5.30. The number of carbonyl (C=O) groups excluding carboxylic acids is 1. The number of thiophene rings is 1. The molecule has 4 nitrogen and oxygen atoms in total. The Labute approximate surface area is 151 Å². The normalized spacial score (nSPS) is 10.5. The standard InChI is InChI=1S/C17H15BrFNO3S/c1-9(2)8-23-12-5-4-10(6-11(12)7-20)15-13(18)14(19)16(24-15)17(21)22-3/h4-6,9H,8H2,1-3H3. The lowest BCUT2D eigenvalue weighted by atomic mass is 10.1. The van der Waals surface area contributed by atoms with E-state index >= 15 is 0 Å². The topological polar surface area (TPSA) is 59.3 Å². The van der Waals surface area contributed by atoms with Crippen molar-refractivity contribution in [2.45, 2.75) is 13.8 Å². The third-order valence-electron chi connectivity index (χ3n) is 3.10. The number of nitrogens with zero attached hydrogens (tertiary/aromatic N) is 1. The smallest absolute Gasteiger partial charge is 0.351 e. The van der Waals surface area contributed by atoms with Crippen LogP contribution in [0, 0.1) is 23.1 Å². The SMILES string of the molecule is COC(=O)c1sc(-c2ccc(OCC(C)C)c(C#N)c2)c(Br)c1F. The van der Waals surface area contributed by atoms with Crippen LogP contribution in [0.15, 0.2) is 22.7 Å². The average molecular weight is 412 g/mol. The summed E-state index contributed by atoms with van der Waals surface area (Å²) >= 11 is 4.13. The van der Waals surface area contributed by atoms with Gasteiger partial charge in [0.15, 0.2) is 5.82 Å². The van der Waals surface area contributed by atoms with Gasteiger partial charge in [-0.25, -0.2) is 9.18 Å². The van der Waals surface area contributed by atoms with Gasteiger partial charge in [0.25, 0.3) is 0 Å². The van der Waals surface area contributed by atoms with Crippen molar-refractivity contribution in [3.63, 3.8) is 0 Å². The van der Waals surface area contributed by atoms with Crippen molar-refractivity contribution < 1.29 is 18.7 Å². The van der Waals surface area contributed by atoms with Gasteiger partial charge in [-0.1, -0.05) is 13.8 Å².